The Morgan fingerprint density at radius 2 is 1.50 bits per heavy atom. The van der Waals surface area contributed by atoms with E-state index in [1.165, 1.54) is 25.5 Å². The number of hydrogen-bond acceptors (Lipinski definition) is 5. The van der Waals surface area contributed by atoms with Crippen LogP contribution in [0.15, 0.2) is 82.8 Å². The van der Waals surface area contributed by atoms with Gasteiger partial charge in [0, 0.05) is 0 Å². The molecule has 3 aromatic carbocycles. The summed E-state index contributed by atoms with van der Waals surface area (Å²) in [5, 5.41) is 3.95. The standard InChI is InChI=1S/C24H25N3O4S/c1-18-4-8-20(9-5-18)16-25-26-24(28)17-27(21-10-12-22(31-3)13-11-21)32(29,30)23-14-6-19(2)7-15-23/h4-16H,17H2,1-3H3,(H,26,28)/b25-16+. The fourth-order valence-corrected chi connectivity index (χ4v) is 4.32. The molecule has 166 valence electrons. The van der Waals surface area contributed by atoms with Crippen LogP contribution in [0.1, 0.15) is 16.7 Å². The summed E-state index contributed by atoms with van der Waals surface area (Å²) in [4.78, 5) is 12.7. The van der Waals surface area contributed by atoms with Gasteiger partial charge >= 0.3 is 0 Å². The van der Waals surface area contributed by atoms with E-state index in [2.05, 4.69) is 10.5 Å². The average Bonchev–Trinajstić information content (AvgIpc) is 2.79. The number of carbonyl (C=O) groups excluding carboxylic acids is 1. The Balaban J connectivity index is 1.83. The van der Waals surface area contributed by atoms with Crippen LogP contribution in [0.2, 0.25) is 0 Å². The number of nitrogens with zero attached hydrogens (tertiary/aromatic N) is 2. The zero-order chi connectivity index (χ0) is 23.1. The Kier molecular flexibility index (Phi) is 7.27. The average molecular weight is 452 g/mol. The maximum atomic E-state index is 13.3. The highest BCUT2D eigenvalue weighted by molar-refractivity contribution is 7.92. The number of aryl methyl sites for hydroxylation is 2. The lowest BCUT2D eigenvalue weighted by molar-refractivity contribution is -0.119. The first-order valence-electron chi connectivity index (χ1n) is 9.91. The van der Waals surface area contributed by atoms with E-state index in [-0.39, 0.29) is 4.90 Å². The van der Waals surface area contributed by atoms with Crippen LogP contribution in [-0.2, 0) is 14.8 Å². The summed E-state index contributed by atoms with van der Waals surface area (Å²) >= 11 is 0. The van der Waals surface area contributed by atoms with E-state index < -0.39 is 22.5 Å². The van der Waals surface area contributed by atoms with Crippen LogP contribution < -0.4 is 14.5 Å². The van der Waals surface area contributed by atoms with Crippen molar-refractivity contribution in [2.75, 3.05) is 18.0 Å². The zero-order valence-corrected chi connectivity index (χ0v) is 19.0. The molecule has 0 bridgehead atoms. The first kappa shape index (κ1) is 23.0. The molecule has 0 aromatic heterocycles. The number of nitrogens with one attached hydrogen (secondary N) is 1. The Morgan fingerprint density at radius 3 is 2.06 bits per heavy atom. The van der Waals surface area contributed by atoms with E-state index in [1.54, 1.807) is 36.4 Å². The minimum Gasteiger partial charge on any atom is -0.497 e. The van der Waals surface area contributed by atoms with E-state index in [0.29, 0.717) is 11.4 Å². The van der Waals surface area contributed by atoms with Crippen molar-refractivity contribution in [3.05, 3.63) is 89.5 Å². The summed E-state index contributed by atoms with van der Waals surface area (Å²) in [6.07, 6.45) is 1.50. The number of hydrazone groups is 1. The van der Waals surface area contributed by atoms with Crippen molar-refractivity contribution in [3.8, 4) is 5.75 Å². The van der Waals surface area contributed by atoms with E-state index in [9.17, 15) is 13.2 Å². The number of benzene rings is 3. The maximum absolute atomic E-state index is 13.3. The predicted molar refractivity (Wildman–Crippen MR) is 126 cm³/mol. The molecule has 0 saturated heterocycles. The second-order valence-electron chi connectivity index (χ2n) is 7.23. The van der Waals surface area contributed by atoms with Gasteiger partial charge in [0.25, 0.3) is 15.9 Å². The molecule has 0 atom stereocenters. The number of carbonyl (C=O) groups is 1. The van der Waals surface area contributed by atoms with Gasteiger partial charge in [0.05, 0.1) is 23.9 Å². The molecule has 8 heteroatoms. The summed E-state index contributed by atoms with van der Waals surface area (Å²) in [7, 11) is -2.46. The van der Waals surface area contributed by atoms with Crippen LogP contribution in [0.3, 0.4) is 0 Å². The molecule has 0 aliphatic rings. The topological polar surface area (TPSA) is 88.1 Å². The van der Waals surface area contributed by atoms with E-state index in [4.69, 9.17) is 4.74 Å². The van der Waals surface area contributed by atoms with E-state index in [1.807, 2.05) is 38.1 Å². The fraction of sp³-hybridized carbons (Fsp3) is 0.167. The normalized spacial score (nSPS) is 11.3. The lowest BCUT2D eigenvalue weighted by Crippen LogP contribution is -2.39. The maximum Gasteiger partial charge on any atom is 0.264 e. The smallest absolute Gasteiger partial charge is 0.264 e. The molecule has 32 heavy (non-hydrogen) atoms. The molecular formula is C24H25N3O4S. The molecule has 3 aromatic rings. The van der Waals surface area contributed by atoms with E-state index in [0.717, 1.165) is 21.0 Å². The number of hydrogen-bond donors (Lipinski definition) is 1. The number of ether oxygens (including phenoxy) is 1. The minimum atomic E-state index is -3.99. The molecule has 0 aliphatic heterocycles. The van der Waals surface area contributed by atoms with Gasteiger partial charge in [-0.25, -0.2) is 13.8 Å². The summed E-state index contributed by atoms with van der Waals surface area (Å²) in [5.74, 6) is 0.00782. The lowest BCUT2D eigenvalue weighted by Gasteiger charge is -2.24. The Bertz CT molecular complexity index is 1190. The Labute approximate surface area is 188 Å². The fourth-order valence-electron chi connectivity index (χ4n) is 2.90. The quantitative estimate of drug-likeness (QED) is 0.418. The molecule has 7 nitrogen and oxygen atoms in total. The van der Waals surface area contributed by atoms with Crippen molar-refractivity contribution in [1.29, 1.82) is 0 Å². The van der Waals surface area contributed by atoms with Crippen molar-refractivity contribution in [2.24, 2.45) is 5.10 Å². The second-order valence-corrected chi connectivity index (χ2v) is 9.09. The lowest BCUT2D eigenvalue weighted by atomic mass is 10.2. The molecule has 0 spiro atoms. The molecule has 0 saturated carbocycles. The van der Waals surface area contributed by atoms with Crippen molar-refractivity contribution >= 4 is 27.8 Å². The van der Waals surface area contributed by atoms with Crippen LogP contribution in [0.25, 0.3) is 0 Å². The van der Waals surface area contributed by atoms with Crippen molar-refractivity contribution in [3.63, 3.8) is 0 Å². The van der Waals surface area contributed by atoms with Gasteiger partial charge in [-0.2, -0.15) is 5.10 Å². The second kappa shape index (κ2) is 10.1. The molecule has 0 aliphatic carbocycles. The zero-order valence-electron chi connectivity index (χ0n) is 18.1. The van der Waals surface area contributed by atoms with Crippen LogP contribution >= 0.6 is 0 Å². The molecular weight excluding hydrogens is 426 g/mol. The summed E-state index contributed by atoms with van der Waals surface area (Å²) < 4.78 is 32.9. The van der Waals surface area contributed by atoms with Gasteiger partial charge in [0.15, 0.2) is 0 Å². The van der Waals surface area contributed by atoms with Crippen LogP contribution in [-0.4, -0.2) is 34.2 Å². The molecule has 0 heterocycles. The molecule has 1 amide bonds. The van der Waals surface area contributed by atoms with Crippen molar-refractivity contribution in [1.82, 2.24) is 5.43 Å². The SMILES string of the molecule is COc1ccc(N(CC(=O)N/N=C/c2ccc(C)cc2)S(=O)(=O)c2ccc(C)cc2)cc1. The number of methoxy groups -OCH3 is 1. The summed E-state index contributed by atoms with van der Waals surface area (Å²) in [5.41, 5.74) is 5.60. The first-order valence-corrected chi connectivity index (χ1v) is 11.4. The molecule has 1 N–H and O–H groups in total. The number of anilines is 1. The van der Waals surface area contributed by atoms with Gasteiger partial charge in [0.2, 0.25) is 0 Å². The van der Waals surface area contributed by atoms with Gasteiger partial charge in [-0.15, -0.1) is 0 Å². The van der Waals surface area contributed by atoms with Crippen LogP contribution in [0.5, 0.6) is 5.75 Å². The highest BCUT2D eigenvalue weighted by Crippen LogP contribution is 2.25. The number of amides is 1. The van der Waals surface area contributed by atoms with Gasteiger partial charge in [-0.05, 0) is 55.8 Å². The van der Waals surface area contributed by atoms with Crippen molar-refractivity contribution < 1.29 is 17.9 Å². The van der Waals surface area contributed by atoms with Gasteiger partial charge in [0.1, 0.15) is 12.3 Å². The van der Waals surface area contributed by atoms with E-state index >= 15 is 0 Å². The first-order chi connectivity index (χ1) is 15.3. The number of sulfonamides is 1. The van der Waals surface area contributed by atoms with Crippen molar-refractivity contribution in [2.45, 2.75) is 18.7 Å². The third-order valence-electron chi connectivity index (χ3n) is 4.74. The largest absolute Gasteiger partial charge is 0.497 e. The van der Waals surface area contributed by atoms with Crippen LogP contribution in [0.4, 0.5) is 5.69 Å². The predicted octanol–water partition coefficient (Wildman–Crippen LogP) is 3.66. The monoisotopic (exact) mass is 451 g/mol. The Hall–Kier alpha value is -3.65. The van der Waals surface area contributed by atoms with Gasteiger partial charge < -0.3 is 4.74 Å². The summed E-state index contributed by atoms with van der Waals surface area (Å²) in [6.45, 7) is 3.41. The van der Waals surface area contributed by atoms with Crippen LogP contribution in [0, 0.1) is 13.8 Å². The number of rotatable bonds is 8. The molecule has 0 unspecified atom stereocenters. The highest BCUT2D eigenvalue weighted by Gasteiger charge is 2.27. The summed E-state index contributed by atoms with van der Waals surface area (Å²) in [6, 6.07) is 20.5. The van der Waals surface area contributed by atoms with Gasteiger partial charge in [-0.1, -0.05) is 47.5 Å². The third-order valence-corrected chi connectivity index (χ3v) is 6.52. The molecule has 0 fully saturated rings. The highest BCUT2D eigenvalue weighted by atomic mass is 32.2. The third kappa shape index (κ3) is 5.73. The molecule has 0 radical (unpaired) electrons. The van der Waals surface area contributed by atoms with Gasteiger partial charge in [-0.3, -0.25) is 9.10 Å². The minimum absolute atomic E-state index is 0.0925. The Morgan fingerprint density at radius 1 is 0.938 bits per heavy atom. The molecule has 3 rings (SSSR count).